The number of aliphatic imine (C=N–C) groups is 2. The van der Waals surface area contributed by atoms with E-state index in [1.165, 1.54) is 44.3 Å². The summed E-state index contributed by atoms with van der Waals surface area (Å²) in [5.41, 5.74) is 2.18. The smallest absolute Gasteiger partial charge is 0.223 e. The van der Waals surface area contributed by atoms with Crippen LogP contribution >= 0.6 is 0 Å². The summed E-state index contributed by atoms with van der Waals surface area (Å²) in [7, 11) is 1.71. The average molecular weight is 499 g/mol. The lowest BCUT2D eigenvalue weighted by atomic mass is 10.1. The zero-order chi connectivity index (χ0) is 25.3. The molecule has 1 unspecified atom stereocenters. The van der Waals surface area contributed by atoms with Crippen molar-refractivity contribution < 1.29 is 4.74 Å². The maximum absolute atomic E-state index is 5.75. The number of nitrogens with zero attached hydrogens (tertiary/aromatic N) is 5. The number of allylic oxidation sites excluding steroid dienone is 2. The molecule has 4 aliphatic rings. The fraction of sp³-hybridized carbons (Fsp3) is 0.500. The van der Waals surface area contributed by atoms with Crippen LogP contribution in [0.4, 0.5) is 0 Å². The van der Waals surface area contributed by atoms with Gasteiger partial charge in [-0.1, -0.05) is 24.0 Å². The highest BCUT2D eigenvalue weighted by Crippen LogP contribution is 2.15. The molecule has 0 spiro atoms. The molecule has 0 bridgehead atoms. The fourth-order valence-corrected chi connectivity index (χ4v) is 5.18. The standard InChI is InChI=1S/C30H38N6O/c1-37-28-22-26-23-29(32-15-12-24-9-8-13-31-14-11-24)34-30(36-19-6-7-20-36)33-27(26)21-25(28)10-2-3-16-35-17-4-5-18-35/h8-9,11,13,21-23,29,32H,3-7,12,14-20H2,1H3. The first-order chi connectivity index (χ1) is 18.3. The van der Waals surface area contributed by atoms with Crippen LogP contribution in [0, 0.1) is 11.8 Å². The van der Waals surface area contributed by atoms with Crippen LogP contribution < -0.4 is 20.6 Å². The van der Waals surface area contributed by atoms with E-state index in [0.29, 0.717) is 0 Å². The van der Waals surface area contributed by atoms with Crippen LogP contribution in [0.15, 0.2) is 50.9 Å². The lowest BCUT2D eigenvalue weighted by Crippen LogP contribution is -2.32. The lowest BCUT2D eigenvalue weighted by molar-refractivity contribution is 0.348. The Morgan fingerprint density at radius 1 is 1.11 bits per heavy atom. The van der Waals surface area contributed by atoms with Gasteiger partial charge in [-0.05, 0) is 75.1 Å². The molecule has 0 saturated carbocycles. The molecule has 1 N–H and O–H groups in total. The van der Waals surface area contributed by atoms with Gasteiger partial charge in [-0.2, -0.15) is 0 Å². The SMILES string of the molecule is COc1cc2c(cc1C#CCCN1CCCC1)=NC(N1CCCC1)=NC(NCCC1=CCN=CC=C1)C=2. The van der Waals surface area contributed by atoms with Crippen molar-refractivity contribution >= 4 is 18.3 Å². The first-order valence-electron chi connectivity index (χ1n) is 13.7. The highest BCUT2D eigenvalue weighted by molar-refractivity contribution is 5.82. The van der Waals surface area contributed by atoms with Crippen molar-refractivity contribution in [3.8, 4) is 17.6 Å². The number of likely N-dealkylation sites (tertiary alicyclic amines) is 2. The average Bonchev–Trinajstić information content (AvgIpc) is 3.54. The molecule has 0 aromatic heterocycles. The van der Waals surface area contributed by atoms with E-state index in [-0.39, 0.29) is 6.17 Å². The van der Waals surface area contributed by atoms with Crippen molar-refractivity contribution in [2.75, 3.05) is 52.9 Å². The molecular weight excluding hydrogens is 460 g/mol. The zero-order valence-corrected chi connectivity index (χ0v) is 22.0. The van der Waals surface area contributed by atoms with Crippen molar-refractivity contribution in [3.05, 3.63) is 52.1 Å². The second-order valence-corrected chi connectivity index (χ2v) is 9.91. The van der Waals surface area contributed by atoms with E-state index >= 15 is 0 Å². The third-order valence-electron chi connectivity index (χ3n) is 7.25. The molecule has 0 radical (unpaired) electrons. The molecule has 4 aliphatic heterocycles. The molecule has 7 nitrogen and oxygen atoms in total. The van der Waals surface area contributed by atoms with Crippen LogP contribution in [0.1, 0.15) is 44.1 Å². The van der Waals surface area contributed by atoms with Gasteiger partial charge >= 0.3 is 0 Å². The number of hydrogen-bond acceptors (Lipinski definition) is 7. The third kappa shape index (κ3) is 6.97. The molecule has 5 rings (SSSR count). The first kappa shape index (κ1) is 25.4. The minimum absolute atomic E-state index is 0.158. The maximum atomic E-state index is 5.75. The van der Waals surface area contributed by atoms with Gasteiger partial charge in [-0.25, -0.2) is 9.98 Å². The van der Waals surface area contributed by atoms with Gasteiger partial charge in [0.1, 0.15) is 11.9 Å². The van der Waals surface area contributed by atoms with Gasteiger partial charge in [0, 0.05) is 44.0 Å². The summed E-state index contributed by atoms with van der Waals surface area (Å²) in [5.74, 6) is 8.33. The van der Waals surface area contributed by atoms with E-state index in [0.717, 1.165) is 73.4 Å². The van der Waals surface area contributed by atoms with E-state index < -0.39 is 0 Å². The summed E-state index contributed by atoms with van der Waals surface area (Å²) >= 11 is 0. The quantitative estimate of drug-likeness (QED) is 0.586. The van der Waals surface area contributed by atoms with Gasteiger partial charge in [0.25, 0.3) is 0 Å². The molecule has 0 amide bonds. The predicted molar refractivity (Wildman–Crippen MR) is 151 cm³/mol. The number of ether oxygens (including phenoxy) is 1. The number of methoxy groups -OCH3 is 1. The summed E-state index contributed by atoms with van der Waals surface area (Å²) in [6.45, 7) is 7.01. The van der Waals surface area contributed by atoms with Crippen LogP contribution in [-0.4, -0.2) is 81.1 Å². The summed E-state index contributed by atoms with van der Waals surface area (Å²) < 4.78 is 5.75. The summed E-state index contributed by atoms with van der Waals surface area (Å²) in [4.78, 5) is 19.2. The molecule has 2 fully saturated rings. The number of benzene rings is 1. The van der Waals surface area contributed by atoms with Crippen LogP contribution in [-0.2, 0) is 0 Å². The van der Waals surface area contributed by atoms with Gasteiger partial charge in [0.15, 0.2) is 0 Å². The molecule has 1 aromatic carbocycles. The molecule has 1 aromatic rings. The highest BCUT2D eigenvalue weighted by Gasteiger charge is 2.19. The second-order valence-electron chi connectivity index (χ2n) is 9.91. The normalized spacial score (nSPS) is 21.1. The van der Waals surface area contributed by atoms with E-state index in [1.54, 1.807) is 7.11 Å². The van der Waals surface area contributed by atoms with Crippen molar-refractivity contribution in [1.82, 2.24) is 15.1 Å². The number of guanidine groups is 1. The lowest BCUT2D eigenvalue weighted by Gasteiger charge is -2.18. The van der Waals surface area contributed by atoms with E-state index in [9.17, 15) is 0 Å². The molecule has 0 aliphatic carbocycles. The van der Waals surface area contributed by atoms with Crippen molar-refractivity contribution in [2.24, 2.45) is 15.0 Å². The Bertz CT molecular complexity index is 1250. The number of fused-ring (bicyclic) bond motifs is 1. The number of hydrogen-bond donors (Lipinski definition) is 1. The minimum Gasteiger partial charge on any atom is -0.495 e. The number of nitrogens with one attached hydrogen (secondary N) is 1. The van der Waals surface area contributed by atoms with Crippen molar-refractivity contribution in [1.29, 1.82) is 0 Å². The molecule has 37 heavy (non-hydrogen) atoms. The summed E-state index contributed by atoms with van der Waals surface area (Å²) in [5, 5.41) is 5.56. The predicted octanol–water partition coefficient (Wildman–Crippen LogP) is 2.27. The fourth-order valence-electron chi connectivity index (χ4n) is 5.18. The molecule has 7 heteroatoms. The molecular formula is C30H38N6O. The van der Waals surface area contributed by atoms with E-state index in [2.05, 4.69) is 62.3 Å². The largest absolute Gasteiger partial charge is 0.495 e. The summed E-state index contributed by atoms with van der Waals surface area (Å²) in [6, 6.07) is 4.14. The molecule has 2 saturated heterocycles. The Balaban J connectivity index is 1.37. The molecule has 4 heterocycles. The Hall–Kier alpha value is -3.21. The van der Waals surface area contributed by atoms with Crippen molar-refractivity contribution in [2.45, 2.75) is 44.7 Å². The van der Waals surface area contributed by atoms with Crippen molar-refractivity contribution in [3.63, 3.8) is 0 Å². The maximum Gasteiger partial charge on any atom is 0.223 e. The number of rotatable bonds is 7. The Kier molecular flexibility index (Phi) is 8.83. The minimum atomic E-state index is -0.158. The van der Waals surface area contributed by atoms with Crippen LogP contribution in [0.3, 0.4) is 0 Å². The van der Waals surface area contributed by atoms with Gasteiger partial charge in [0.2, 0.25) is 5.96 Å². The summed E-state index contributed by atoms with van der Waals surface area (Å²) in [6.07, 6.45) is 17.0. The van der Waals surface area contributed by atoms with Gasteiger partial charge < -0.3 is 14.5 Å². The third-order valence-corrected chi connectivity index (χ3v) is 7.25. The Morgan fingerprint density at radius 3 is 2.78 bits per heavy atom. The molecule has 194 valence electrons. The monoisotopic (exact) mass is 498 g/mol. The van der Waals surface area contributed by atoms with Gasteiger partial charge in [-0.3, -0.25) is 10.3 Å². The van der Waals surface area contributed by atoms with Crippen LogP contribution in [0.2, 0.25) is 0 Å². The van der Waals surface area contributed by atoms with E-state index in [1.807, 2.05) is 12.3 Å². The van der Waals surface area contributed by atoms with Crippen LogP contribution in [0.5, 0.6) is 5.75 Å². The van der Waals surface area contributed by atoms with Gasteiger partial charge in [0.05, 0.1) is 24.6 Å². The van der Waals surface area contributed by atoms with Gasteiger partial charge in [-0.15, -0.1) is 0 Å². The highest BCUT2D eigenvalue weighted by atomic mass is 16.5. The van der Waals surface area contributed by atoms with Crippen LogP contribution in [0.25, 0.3) is 6.08 Å². The van der Waals surface area contributed by atoms with E-state index in [4.69, 9.17) is 14.7 Å². The first-order valence-corrected chi connectivity index (χ1v) is 13.7. The zero-order valence-electron chi connectivity index (χ0n) is 22.0. The Labute approximate surface area is 220 Å². The topological polar surface area (TPSA) is 64.8 Å². The Morgan fingerprint density at radius 2 is 1.95 bits per heavy atom. The second kappa shape index (κ2) is 12.8. The molecule has 1 atom stereocenters.